The molecule has 1 saturated heterocycles. The summed E-state index contributed by atoms with van der Waals surface area (Å²) in [6.07, 6.45) is -5.23. The van der Waals surface area contributed by atoms with Gasteiger partial charge in [0.1, 0.15) is 0 Å². The number of alkyl halides is 3. The van der Waals surface area contributed by atoms with Crippen LogP contribution in [0.25, 0.3) is 0 Å². The number of rotatable bonds is 4. The lowest BCUT2D eigenvalue weighted by Crippen LogP contribution is -2.46. The average molecular weight is 303 g/mol. The van der Waals surface area contributed by atoms with Crippen molar-refractivity contribution in [3.63, 3.8) is 0 Å². The van der Waals surface area contributed by atoms with Crippen molar-refractivity contribution in [3.05, 3.63) is 39.9 Å². The fourth-order valence-corrected chi connectivity index (χ4v) is 2.49. The number of nitrogens with one attached hydrogen (secondary N) is 1. The van der Waals surface area contributed by atoms with Crippen molar-refractivity contribution in [1.29, 1.82) is 0 Å². The summed E-state index contributed by atoms with van der Waals surface area (Å²) < 4.78 is 38.4. The Morgan fingerprint density at radius 3 is 2.29 bits per heavy atom. The number of nitrogens with zero attached hydrogens (tertiary/aromatic N) is 2. The summed E-state index contributed by atoms with van der Waals surface area (Å²) in [7, 11) is 0. The van der Waals surface area contributed by atoms with E-state index in [4.69, 9.17) is 0 Å². The van der Waals surface area contributed by atoms with Crippen LogP contribution in [0, 0.1) is 10.1 Å². The van der Waals surface area contributed by atoms with Gasteiger partial charge in [-0.15, -0.1) is 0 Å². The van der Waals surface area contributed by atoms with Crippen molar-refractivity contribution in [3.8, 4) is 0 Å². The monoisotopic (exact) mass is 303 g/mol. The predicted octanol–water partition coefficient (Wildman–Crippen LogP) is 2.49. The van der Waals surface area contributed by atoms with E-state index in [0.29, 0.717) is 31.7 Å². The molecule has 116 valence electrons. The summed E-state index contributed by atoms with van der Waals surface area (Å²) in [4.78, 5) is 11.8. The van der Waals surface area contributed by atoms with E-state index in [1.807, 2.05) is 0 Å². The first kappa shape index (κ1) is 15.7. The lowest BCUT2D eigenvalue weighted by molar-refractivity contribution is -0.384. The molecule has 1 heterocycles. The normalized spacial score (nSPS) is 18.4. The molecule has 1 N–H and O–H groups in total. The van der Waals surface area contributed by atoms with E-state index in [1.165, 1.54) is 24.3 Å². The van der Waals surface area contributed by atoms with E-state index in [1.54, 1.807) is 4.90 Å². The van der Waals surface area contributed by atoms with Gasteiger partial charge in [0.2, 0.25) is 0 Å². The van der Waals surface area contributed by atoms with Crippen molar-refractivity contribution in [1.82, 2.24) is 10.2 Å². The molecule has 8 heteroatoms. The third kappa shape index (κ3) is 4.40. The summed E-state index contributed by atoms with van der Waals surface area (Å²) in [5, 5.41) is 13.7. The lowest BCUT2D eigenvalue weighted by Gasteiger charge is -2.35. The summed E-state index contributed by atoms with van der Waals surface area (Å²) in [5.74, 6) is 0. The molecule has 5 nitrogen and oxygen atoms in total. The number of nitro groups is 1. The standard InChI is InChI=1S/C13H16F3N3O2/c14-13(15,16)9-12(18-7-5-17-6-8-18)10-1-3-11(4-2-10)19(20)21/h1-4,12,17H,5-9H2/t12-/m1/s1. The zero-order valence-corrected chi connectivity index (χ0v) is 11.3. The molecule has 0 unspecified atom stereocenters. The Kier molecular flexibility index (Phi) is 4.79. The first-order valence-electron chi connectivity index (χ1n) is 6.63. The van der Waals surface area contributed by atoms with Crippen LogP contribution in [0.3, 0.4) is 0 Å². The Balaban J connectivity index is 2.22. The van der Waals surface area contributed by atoms with E-state index in [0.717, 1.165) is 0 Å². The topological polar surface area (TPSA) is 58.4 Å². The third-order valence-electron chi connectivity index (χ3n) is 3.51. The maximum absolute atomic E-state index is 12.8. The van der Waals surface area contributed by atoms with Crippen molar-refractivity contribution < 1.29 is 18.1 Å². The van der Waals surface area contributed by atoms with Crippen LogP contribution in [0.15, 0.2) is 24.3 Å². The number of benzene rings is 1. The maximum atomic E-state index is 12.8. The second-order valence-electron chi connectivity index (χ2n) is 4.97. The highest BCUT2D eigenvalue weighted by Gasteiger charge is 2.36. The number of halogens is 3. The van der Waals surface area contributed by atoms with E-state index in [9.17, 15) is 23.3 Å². The minimum Gasteiger partial charge on any atom is -0.314 e. The first-order chi connectivity index (χ1) is 9.87. The lowest BCUT2D eigenvalue weighted by atomic mass is 10.0. The summed E-state index contributed by atoms with van der Waals surface area (Å²) in [6.45, 7) is 2.33. The number of nitro benzene ring substituents is 1. The second kappa shape index (κ2) is 6.40. The smallest absolute Gasteiger partial charge is 0.314 e. The fourth-order valence-electron chi connectivity index (χ4n) is 2.49. The molecule has 1 atom stereocenters. The van der Waals surface area contributed by atoms with Crippen LogP contribution in [-0.2, 0) is 0 Å². The largest absolute Gasteiger partial charge is 0.390 e. The van der Waals surface area contributed by atoms with Crippen LogP contribution in [0.2, 0.25) is 0 Å². The SMILES string of the molecule is O=[N+]([O-])c1ccc([C@@H](CC(F)(F)F)N2CCNCC2)cc1. The van der Waals surface area contributed by atoms with Crippen LogP contribution in [0.1, 0.15) is 18.0 Å². The number of hydrogen-bond acceptors (Lipinski definition) is 4. The van der Waals surface area contributed by atoms with Crippen molar-refractivity contribution in [2.45, 2.75) is 18.6 Å². The number of non-ortho nitro benzene ring substituents is 1. The maximum Gasteiger partial charge on any atom is 0.390 e. The van der Waals surface area contributed by atoms with Crippen LogP contribution >= 0.6 is 0 Å². The second-order valence-corrected chi connectivity index (χ2v) is 4.97. The molecular weight excluding hydrogens is 287 g/mol. The molecule has 0 spiro atoms. The van der Waals surface area contributed by atoms with Crippen molar-refractivity contribution in [2.24, 2.45) is 0 Å². The minimum absolute atomic E-state index is 0.121. The summed E-state index contributed by atoms with van der Waals surface area (Å²) in [5.41, 5.74) is 0.338. The molecule has 0 aliphatic carbocycles. The Bertz CT molecular complexity index is 484. The Morgan fingerprint density at radius 2 is 1.81 bits per heavy atom. The van der Waals surface area contributed by atoms with Gasteiger partial charge in [0.15, 0.2) is 0 Å². The zero-order chi connectivity index (χ0) is 15.5. The van der Waals surface area contributed by atoms with Gasteiger partial charge in [0.05, 0.1) is 11.3 Å². The summed E-state index contributed by atoms with van der Waals surface area (Å²) in [6, 6.07) is 4.53. The van der Waals surface area contributed by atoms with Gasteiger partial charge in [-0.25, -0.2) is 0 Å². The van der Waals surface area contributed by atoms with E-state index >= 15 is 0 Å². The quantitative estimate of drug-likeness (QED) is 0.686. The molecule has 1 fully saturated rings. The highest BCUT2D eigenvalue weighted by molar-refractivity contribution is 5.34. The van der Waals surface area contributed by atoms with Crippen molar-refractivity contribution in [2.75, 3.05) is 26.2 Å². The van der Waals surface area contributed by atoms with Gasteiger partial charge in [0, 0.05) is 44.4 Å². The minimum atomic E-state index is -4.28. The predicted molar refractivity (Wildman–Crippen MR) is 71.0 cm³/mol. The van der Waals surface area contributed by atoms with Crippen LogP contribution in [-0.4, -0.2) is 42.2 Å². The molecule has 21 heavy (non-hydrogen) atoms. The Labute approximate surface area is 119 Å². The highest BCUT2D eigenvalue weighted by Crippen LogP contribution is 2.34. The van der Waals surface area contributed by atoms with Crippen LogP contribution in [0.4, 0.5) is 18.9 Å². The van der Waals surface area contributed by atoms with E-state index < -0.39 is 23.6 Å². The third-order valence-corrected chi connectivity index (χ3v) is 3.51. The van der Waals surface area contributed by atoms with Gasteiger partial charge in [-0.3, -0.25) is 15.0 Å². The van der Waals surface area contributed by atoms with Gasteiger partial charge in [-0.05, 0) is 5.56 Å². The summed E-state index contributed by atoms with van der Waals surface area (Å²) >= 11 is 0. The number of hydrogen-bond donors (Lipinski definition) is 1. The van der Waals surface area contributed by atoms with Gasteiger partial charge in [0.25, 0.3) is 5.69 Å². The average Bonchev–Trinajstić information content (AvgIpc) is 2.45. The van der Waals surface area contributed by atoms with Gasteiger partial charge >= 0.3 is 6.18 Å². The molecule has 1 aliphatic rings. The molecule has 2 rings (SSSR count). The van der Waals surface area contributed by atoms with Gasteiger partial charge in [-0.2, -0.15) is 13.2 Å². The number of piperazine rings is 1. The van der Waals surface area contributed by atoms with Gasteiger partial charge in [-0.1, -0.05) is 12.1 Å². The highest BCUT2D eigenvalue weighted by atomic mass is 19.4. The van der Waals surface area contributed by atoms with E-state index in [-0.39, 0.29) is 5.69 Å². The van der Waals surface area contributed by atoms with Crippen LogP contribution < -0.4 is 5.32 Å². The molecule has 0 saturated carbocycles. The Morgan fingerprint density at radius 1 is 1.24 bits per heavy atom. The molecule has 1 aliphatic heterocycles. The zero-order valence-electron chi connectivity index (χ0n) is 11.3. The molecule has 1 aromatic carbocycles. The molecule has 0 aromatic heterocycles. The van der Waals surface area contributed by atoms with Gasteiger partial charge < -0.3 is 5.32 Å². The molecule has 0 bridgehead atoms. The van der Waals surface area contributed by atoms with Crippen LogP contribution in [0.5, 0.6) is 0 Å². The van der Waals surface area contributed by atoms with E-state index in [2.05, 4.69) is 5.32 Å². The fraction of sp³-hybridized carbons (Fsp3) is 0.538. The van der Waals surface area contributed by atoms with Crippen molar-refractivity contribution >= 4 is 5.69 Å². The molecule has 0 radical (unpaired) electrons. The first-order valence-corrected chi connectivity index (χ1v) is 6.63. The Hall–Kier alpha value is -1.67. The molecule has 0 amide bonds. The molecule has 1 aromatic rings. The molecular formula is C13H16F3N3O2.